The summed E-state index contributed by atoms with van der Waals surface area (Å²) < 4.78 is 13.2. The first-order chi connectivity index (χ1) is 13.0. The van der Waals surface area contributed by atoms with Crippen molar-refractivity contribution >= 4 is 29.1 Å². The maximum atomic E-state index is 13.2. The van der Waals surface area contributed by atoms with Crippen molar-refractivity contribution in [3.8, 4) is 0 Å². The molecule has 0 unspecified atom stereocenters. The van der Waals surface area contributed by atoms with Gasteiger partial charge in [0, 0.05) is 35.8 Å². The zero-order valence-corrected chi connectivity index (χ0v) is 16.1. The lowest BCUT2D eigenvalue weighted by Crippen LogP contribution is -2.38. The normalized spacial score (nSPS) is 10.5. The third kappa shape index (κ3) is 6.68. The highest BCUT2D eigenvalue weighted by molar-refractivity contribution is 6.30. The van der Waals surface area contributed by atoms with Gasteiger partial charge in [-0.2, -0.15) is 0 Å². The molecule has 0 saturated carbocycles. The van der Waals surface area contributed by atoms with Crippen LogP contribution < -0.4 is 10.2 Å². The van der Waals surface area contributed by atoms with E-state index in [1.807, 2.05) is 0 Å². The van der Waals surface area contributed by atoms with Crippen LogP contribution in [0, 0.1) is 5.82 Å². The van der Waals surface area contributed by atoms with Gasteiger partial charge < -0.3 is 10.2 Å². The van der Waals surface area contributed by atoms with Crippen LogP contribution in [0.25, 0.3) is 0 Å². The standard InChI is InChI=1S/C21H24ClFN2O2/c1-2-3-4-5-20(26)24-14-15-25(19-12-10-18(23)11-13-19)21(27)16-6-8-17(22)9-7-16/h6-13H,2-5,14-15H2,1H3,(H,24,26). The number of nitrogens with one attached hydrogen (secondary N) is 1. The monoisotopic (exact) mass is 390 g/mol. The first-order valence-corrected chi connectivity index (χ1v) is 9.48. The first-order valence-electron chi connectivity index (χ1n) is 9.11. The molecule has 0 saturated heterocycles. The fraction of sp³-hybridized carbons (Fsp3) is 0.333. The highest BCUT2D eigenvalue weighted by Gasteiger charge is 2.18. The molecule has 0 spiro atoms. The number of anilines is 1. The van der Waals surface area contributed by atoms with Crippen LogP contribution in [-0.4, -0.2) is 24.9 Å². The van der Waals surface area contributed by atoms with E-state index in [4.69, 9.17) is 11.6 Å². The largest absolute Gasteiger partial charge is 0.354 e. The lowest BCUT2D eigenvalue weighted by Gasteiger charge is -2.23. The summed E-state index contributed by atoms with van der Waals surface area (Å²) >= 11 is 5.89. The molecule has 0 fully saturated rings. The summed E-state index contributed by atoms with van der Waals surface area (Å²) in [5.74, 6) is -0.637. The van der Waals surface area contributed by atoms with Crippen LogP contribution in [0.2, 0.25) is 5.02 Å². The molecule has 1 N–H and O–H groups in total. The molecular formula is C21H24ClFN2O2. The van der Waals surface area contributed by atoms with Gasteiger partial charge >= 0.3 is 0 Å². The Bertz CT molecular complexity index is 748. The van der Waals surface area contributed by atoms with Gasteiger partial charge in [0.25, 0.3) is 5.91 Å². The number of hydrogen-bond donors (Lipinski definition) is 1. The average Bonchev–Trinajstić information content (AvgIpc) is 2.66. The van der Waals surface area contributed by atoms with Gasteiger partial charge in [-0.1, -0.05) is 31.4 Å². The van der Waals surface area contributed by atoms with E-state index in [1.165, 1.54) is 17.0 Å². The highest BCUT2D eigenvalue weighted by atomic mass is 35.5. The van der Waals surface area contributed by atoms with E-state index in [0.717, 1.165) is 19.3 Å². The molecule has 4 nitrogen and oxygen atoms in total. The summed E-state index contributed by atoms with van der Waals surface area (Å²) in [5, 5.41) is 3.38. The van der Waals surface area contributed by atoms with Crippen molar-refractivity contribution in [3.05, 3.63) is 64.9 Å². The summed E-state index contributed by atoms with van der Waals surface area (Å²) in [6.45, 7) is 2.69. The summed E-state index contributed by atoms with van der Waals surface area (Å²) in [7, 11) is 0. The van der Waals surface area contributed by atoms with E-state index < -0.39 is 0 Å². The summed E-state index contributed by atoms with van der Waals surface area (Å²) in [6, 6.07) is 12.3. The van der Waals surface area contributed by atoms with Crippen LogP contribution in [0.3, 0.4) is 0 Å². The number of hydrogen-bond acceptors (Lipinski definition) is 2. The Kier molecular flexibility index (Phi) is 8.27. The molecule has 2 rings (SSSR count). The summed E-state index contributed by atoms with van der Waals surface area (Å²) in [5.41, 5.74) is 1.04. The van der Waals surface area contributed by atoms with E-state index in [0.29, 0.717) is 29.2 Å². The van der Waals surface area contributed by atoms with Gasteiger partial charge in [0.05, 0.1) is 0 Å². The van der Waals surface area contributed by atoms with Crippen molar-refractivity contribution in [2.75, 3.05) is 18.0 Å². The SMILES string of the molecule is CCCCCC(=O)NCCN(C(=O)c1ccc(Cl)cc1)c1ccc(F)cc1. The minimum absolute atomic E-state index is 0.0264. The zero-order chi connectivity index (χ0) is 19.6. The molecular weight excluding hydrogens is 367 g/mol. The molecule has 0 aromatic heterocycles. The molecule has 2 aromatic rings. The Labute approximate surface area is 164 Å². The minimum atomic E-state index is -0.373. The molecule has 27 heavy (non-hydrogen) atoms. The Morgan fingerprint density at radius 3 is 2.33 bits per heavy atom. The second-order valence-corrected chi connectivity index (χ2v) is 6.68. The summed E-state index contributed by atoms with van der Waals surface area (Å²) in [4.78, 5) is 26.3. The van der Waals surface area contributed by atoms with Crippen LogP contribution in [-0.2, 0) is 4.79 Å². The van der Waals surface area contributed by atoms with E-state index in [-0.39, 0.29) is 24.2 Å². The summed E-state index contributed by atoms with van der Waals surface area (Å²) in [6.07, 6.45) is 3.41. The van der Waals surface area contributed by atoms with Gasteiger partial charge in [-0.15, -0.1) is 0 Å². The van der Waals surface area contributed by atoms with E-state index in [9.17, 15) is 14.0 Å². The molecule has 0 aliphatic heterocycles. The van der Waals surface area contributed by atoms with Crippen LogP contribution >= 0.6 is 11.6 Å². The first kappa shape index (κ1) is 20.9. The van der Waals surface area contributed by atoms with Crippen molar-refractivity contribution < 1.29 is 14.0 Å². The number of carbonyl (C=O) groups is 2. The number of benzene rings is 2. The Hall–Kier alpha value is -2.40. The maximum Gasteiger partial charge on any atom is 0.258 e. The molecule has 144 valence electrons. The maximum absolute atomic E-state index is 13.2. The molecule has 6 heteroatoms. The molecule has 0 atom stereocenters. The Morgan fingerprint density at radius 2 is 1.70 bits per heavy atom. The van der Waals surface area contributed by atoms with E-state index in [2.05, 4.69) is 12.2 Å². The molecule has 0 aliphatic carbocycles. The Balaban J connectivity index is 2.06. The van der Waals surface area contributed by atoms with Gasteiger partial charge in [0.2, 0.25) is 5.91 Å². The molecule has 2 amide bonds. The predicted octanol–water partition coefficient (Wildman–Crippen LogP) is 4.82. The quantitative estimate of drug-likeness (QED) is 0.624. The van der Waals surface area contributed by atoms with Crippen molar-refractivity contribution in [3.63, 3.8) is 0 Å². The van der Waals surface area contributed by atoms with E-state index >= 15 is 0 Å². The molecule has 0 heterocycles. The van der Waals surface area contributed by atoms with Crippen LogP contribution in [0.5, 0.6) is 0 Å². The number of amides is 2. The van der Waals surface area contributed by atoms with Crippen LogP contribution in [0.4, 0.5) is 10.1 Å². The number of unbranched alkanes of at least 4 members (excludes halogenated alkanes) is 2. The van der Waals surface area contributed by atoms with Crippen molar-refractivity contribution in [2.45, 2.75) is 32.6 Å². The van der Waals surface area contributed by atoms with Gasteiger partial charge in [-0.25, -0.2) is 4.39 Å². The van der Waals surface area contributed by atoms with Crippen LogP contribution in [0.1, 0.15) is 43.0 Å². The lowest BCUT2D eigenvalue weighted by molar-refractivity contribution is -0.121. The Morgan fingerprint density at radius 1 is 1.04 bits per heavy atom. The van der Waals surface area contributed by atoms with Crippen LogP contribution in [0.15, 0.2) is 48.5 Å². The lowest BCUT2D eigenvalue weighted by atomic mass is 10.1. The molecule has 0 bridgehead atoms. The van der Waals surface area contributed by atoms with Gasteiger partial charge in [-0.05, 0) is 55.0 Å². The molecule has 2 aromatic carbocycles. The number of nitrogens with zero attached hydrogens (tertiary/aromatic N) is 1. The van der Waals surface area contributed by atoms with Gasteiger partial charge in [0.15, 0.2) is 0 Å². The third-order valence-electron chi connectivity index (χ3n) is 4.14. The topological polar surface area (TPSA) is 49.4 Å². The number of halogens is 2. The van der Waals surface area contributed by atoms with Gasteiger partial charge in [0.1, 0.15) is 5.82 Å². The highest BCUT2D eigenvalue weighted by Crippen LogP contribution is 2.19. The second-order valence-electron chi connectivity index (χ2n) is 6.25. The number of carbonyl (C=O) groups excluding carboxylic acids is 2. The van der Waals surface area contributed by atoms with Crippen molar-refractivity contribution in [2.24, 2.45) is 0 Å². The molecule has 0 aliphatic rings. The fourth-order valence-electron chi connectivity index (χ4n) is 2.65. The van der Waals surface area contributed by atoms with E-state index in [1.54, 1.807) is 36.4 Å². The predicted molar refractivity (Wildman–Crippen MR) is 107 cm³/mol. The fourth-order valence-corrected chi connectivity index (χ4v) is 2.77. The molecule has 0 radical (unpaired) electrons. The smallest absolute Gasteiger partial charge is 0.258 e. The zero-order valence-electron chi connectivity index (χ0n) is 15.4. The average molecular weight is 391 g/mol. The van der Waals surface area contributed by atoms with Crippen molar-refractivity contribution in [1.82, 2.24) is 5.32 Å². The van der Waals surface area contributed by atoms with Crippen molar-refractivity contribution in [1.29, 1.82) is 0 Å². The second kappa shape index (κ2) is 10.7. The third-order valence-corrected chi connectivity index (χ3v) is 4.39. The minimum Gasteiger partial charge on any atom is -0.354 e. The number of rotatable bonds is 9. The van der Waals surface area contributed by atoms with Gasteiger partial charge in [-0.3, -0.25) is 9.59 Å².